The summed E-state index contributed by atoms with van der Waals surface area (Å²) in [6, 6.07) is 7.14. The molecule has 194 valence electrons. The zero-order valence-corrected chi connectivity index (χ0v) is 22.8. The van der Waals surface area contributed by atoms with E-state index in [1.807, 2.05) is 19.1 Å². The van der Waals surface area contributed by atoms with Crippen LogP contribution < -0.4 is 9.80 Å². The number of likely N-dealkylation sites (N-methyl/N-ethyl adjacent to an activating group) is 1. The largest absolute Gasteiger partial charge is 0.299 e. The summed E-state index contributed by atoms with van der Waals surface area (Å²) < 4.78 is 15.4. The number of carbonyl (C=O) groups is 2. The summed E-state index contributed by atoms with van der Waals surface area (Å²) in [5, 5.41) is 0.294. The summed E-state index contributed by atoms with van der Waals surface area (Å²) in [6.45, 7) is 2.04. The van der Waals surface area contributed by atoms with Crippen molar-refractivity contribution in [1.29, 1.82) is 0 Å². The second kappa shape index (κ2) is 10.5. The van der Waals surface area contributed by atoms with Crippen molar-refractivity contribution in [2.75, 3.05) is 23.9 Å². The van der Waals surface area contributed by atoms with Gasteiger partial charge in [0.1, 0.15) is 11.5 Å². The number of thiazole rings is 1. The van der Waals surface area contributed by atoms with Crippen LogP contribution in [0.3, 0.4) is 0 Å². The van der Waals surface area contributed by atoms with Crippen LogP contribution in [-0.2, 0) is 16.0 Å². The number of halogens is 2. The van der Waals surface area contributed by atoms with Crippen LogP contribution in [0.4, 0.5) is 15.3 Å². The maximum Gasteiger partial charge on any atom is 0.232 e. The molecule has 3 aromatic rings. The lowest BCUT2D eigenvalue weighted by Crippen LogP contribution is -2.33. The van der Waals surface area contributed by atoms with Crippen molar-refractivity contribution in [1.82, 2.24) is 9.97 Å². The SMILES string of the molecule is CC[C@H](CC1CCCC1)C(=O)N(C)c1nc(-c2cc(Cl)ccc2-c2cnc3c(c2)CC(=O)N3C)c(F)s1. The molecule has 1 aliphatic heterocycles. The smallest absolute Gasteiger partial charge is 0.232 e. The predicted molar refractivity (Wildman–Crippen MR) is 147 cm³/mol. The highest BCUT2D eigenvalue weighted by Crippen LogP contribution is 2.40. The average molecular weight is 541 g/mol. The number of hydrogen-bond acceptors (Lipinski definition) is 5. The van der Waals surface area contributed by atoms with Gasteiger partial charge in [-0.2, -0.15) is 4.39 Å². The molecule has 0 unspecified atom stereocenters. The van der Waals surface area contributed by atoms with Crippen molar-refractivity contribution in [3.63, 3.8) is 0 Å². The normalized spacial score (nSPS) is 16.4. The van der Waals surface area contributed by atoms with Gasteiger partial charge in [0.15, 0.2) is 5.13 Å². The van der Waals surface area contributed by atoms with Crippen molar-refractivity contribution >= 4 is 45.7 Å². The molecule has 1 aliphatic carbocycles. The van der Waals surface area contributed by atoms with Crippen molar-refractivity contribution < 1.29 is 14.0 Å². The van der Waals surface area contributed by atoms with Crippen LogP contribution in [0.1, 0.15) is 51.0 Å². The lowest BCUT2D eigenvalue weighted by molar-refractivity contribution is -0.122. The molecule has 9 heteroatoms. The Kier molecular flexibility index (Phi) is 7.32. The van der Waals surface area contributed by atoms with Crippen LogP contribution >= 0.6 is 22.9 Å². The Morgan fingerprint density at radius 3 is 2.76 bits per heavy atom. The van der Waals surface area contributed by atoms with Crippen molar-refractivity contribution in [3.05, 3.63) is 46.2 Å². The van der Waals surface area contributed by atoms with Gasteiger partial charge in [0, 0.05) is 47.9 Å². The molecule has 0 N–H and O–H groups in total. The number of amides is 2. The minimum Gasteiger partial charge on any atom is -0.299 e. The quantitative estimate of drug-likeness (QED) is 0.332. The molecule has 5 rings (SSSR count). The molecule has 3 heterocycles. The third-order valence-corrected chi connectivity index (χ3v) is 8.81. The summed E-state index contributed by atoms with van der Waals surface area (Å²) in [6.07, 6.45) is 8.42. The molecule has 1 fully saturated rings. The minimum atomic E-state index is -0.481. The van der Waals surface area contributed by atoms with E-state index in [1.165, 1.54) is 35.5 Å². The first-order valence-electron chi connectivity index (χ1n) is 12.8. The summed E-state index contributed by atoms with van der Waals surface area (Å²) in [4.78, 5) is 37.6. The maximum absolute atomic E-state index is 15.4. The monoisotopic (exact) mass is 540 g/mol. The Morgan fingerprint density at radius 2 is 2.03 bits per heavy atom. The molecule has 1 saturated carbocycles. The highest BCUT2D eigenvalue weighted by molar-refractivity contribution is 7.14. The van der Waals surface area contributed by atoms with Crippen molar-refractivity contribution in [2.45, 2.75) is 51.9 Å². The summed E-state index contributed by atoms with van der Waals surface area (Å²) in [7, 11) is 3.38. The molecule has 2 aliphatic rings. The van der Waals surface area contributed by atoms with Crippen LogP contribution in [0.15, 0.2) is 30.5 Å². The Labute approximate surface area is 225 Å². The molecule has 2 aromatic heterocycles. The summed E-state index contributed by atoms with van der Waals surface area (Å²) in [5.41, 5.74) is 2.94. The lowest BCUT2D eigenvalue weighted by Gasteiger charge is -2.23. The number of hydrogen-bond donors (Lipinski definition) is 0. The number of aromatic nitrogens is 2. The fourth-order valence-electron chi connectivity index (χ4n) is 5.51. The molecule has 37 heavy (non-hydrogen) atoms. The molecule has 0 bridgehead atoms. The maximum atomic E-state index is 15.4. The van der Waals surface area contributed by atoms with E-state index < -0.39 is 5.13 Å². The first-order valence-corrected chi connectivity index (χ1v) is 14.0. The van der Waals surface area contributed by atoms with Gasteiger partial charge in [-0.15, -0.1) is 0 Å². The van der Waals surface area contributed by atoms with Crippen LogP contribution in [0.25, 0.3) is 22.4 Å². The second-order valence-corrected chi connectivity index (χ2v) is 11.4. The number of rotatable bonds is 7. The van der Waals surface area contributed by atoms with E-state index in [2.05, 4.69) is 9.97 Å². The van der Waals surface area contributed by atoms with E-state index in [0.717, 1.165) is 35.3 Å². The molecular weight excluding hydrogens is 511 g/mol. The molecule has 0 saturated heterocycles. The third-order valence-electron chi connectivity index (χ3n) is 7.65. The van der Waals surface area contributed by atoms with Gasteiger partial charge < -0.3 is 0 Å². The highest BCUT2D eigenvalue weighted by atomic mass is 35.5. The van der Waals surface area contributed by atoms with Crippen molar-refractivity contribution in [3.8, 4) is 22.4 Å². The van der Waals surface area contributed by atoms with E-state index in [9.17, 15) is 9.59 Å². The van der Waals surface area contributed by atoms with Crippen LogP contribution in [0, 0.1) is 17.0 Å². The Morgan fingerprint density at radius 1 is 1.27 bits per heavy atom. The Balaban J connectivity index is 1.46. The summed E-state index contributed by atoms with van der Waals surface area (Å²) in [5.74, 6) is 1.10. The number of carbonyl (C=O) groups excluding carboxylic acids is 2. The Hall–Kier alpha value is -2.84. The van der Waals surface area contributed by atoms with Gasteiger partial charge >= 0.3 is 0 Å². The fourth-order valence-corrected chi connectivity index (χ4v) is 6.45. The molecule has 0 spiro atoms. The molecule has 1 atom stereocenters. The fraction of sp³-hybridized carbons (Fsp3) is 0.429. The average Bonchev–Trinajstić information content (AvgIpc) is 3.61. The minimum absolute atomic E-state index is 0.0161. The van der Waals surface area contributed by atoms with Gasteiger partial charge in [0.2, 0.25) is 16.9 Å². The van der Waals surface area contributed by atoms with Gasteiger partial charge in [-0.05, 0) is 42.5 Å². The number of pyridine rings is 1. The Bertz CT molecular complexity index is 1350. The number of fused-ring (bicyclic) bond motifs is 1. The van der Waals surface area contributed by atoms with E-state index in [1.54, 1.807) is 32.4 Å². The van der Waals surface area contributed by atoms with Crippen LogP contribution in [0.5, 0.6) is 0 Å². The third kappa shape index (κ3) is 5.01. The topological polar surface area (TPSA) is 66.4 Å². The first kappa shape index (κ1) is 25.8. The molecule has 0 radical (unpaired) electrons. The van der Waals surface area contributed by atoms with Gasteiger partial charge in [-0.3, -0.25) is 19.4 Å². The van der Waals surface area contributed by atoms with Gasteiger partial charge in [0.25, 0.3) is 0 Å². The molecule has 6 nitrogen and oxygen atoms in total. The number of nitrogens with zero attached hydrogens (tertiary/aromatic N) is 4. The molecule has 2 amide bonds. The second-order valence-electron chi connectivity index (χ2n) is 10.0. The van der Waals surface area contributed by atoms with Gasteiger partial charge in [-0.1, -0.05) is 61.6 Å². The number of anilines is 2. The van der Waals surface area contributed by atoms with Crippen LogP contribution in [0.2, 0.25) is 5.02 Å². The molecule has 1 aromatic carbocycles. The lowest BCUT2D eigenvalue weighted by atomic mass is 9.90. The van der Waals surface area contributed by atoms with Gasteiger partial charge in [-0.25, -0.2) is 9.97 Å². The van der Waals surface area contributed by atoms with E-state index in [0.29, 0.717) is 33.0 Å². The predicted octanol–water partition coefficient (Wildman–Crippen LogP) is 6.75. The van der Waals surface area contributed by atoms with Crippen molar-refractivity contribution in [2.24, 2.45) is 11.8 Å². The van der Waals surface area contributed by atoms with Gasteiger partial charge in [0.05, 0.1) is 6.42 Å². The zero-order chi connectivity index (χ0) is 26.3. The zero-order valence-electron chi connectivity index (χ0n) is 21.3. The van der Waals surface area contributed by atoms with E-state index >= 15 is 4.39 Å². The standard InChI is InChI=1S/C28H30ClFN4O2S/c1-4-17(11-16-7-5-6-8-16)27(36)34(3)28-32-24(25(30)37-28)22-14-20(29)9-10-21(22)19-12-18-13-23(35)33(2)26(18)31-15-19/h9-10,12,14-17H,4-8,11,13H2,1-3H3/t17-/m1/s1. The number of benzene rings is 1. The highest BCUT2D eigenvalue weighted by Gasteiger charge is 2.30. The molecular formula is C28H30ClFN4O2S. The summed E-state index contributed by atoms with van der Waals surface area (Å²) >= 11 is 7.19. The van der Waals surface area contributed by atoms with Crippen LogP contribution in [-0.4, -0.2) is 35.9 Å². The first-order chi connectivity index (χ1) is 17.8. The van der Waals surface area contributed by atoms with E-state index in [-0.39, 0.29) is 29.8 Å². The van der Waals surface area contributed by atoms with E-state index in [4.69, 9.17) is 11.6 Å².